The molecule has 25 heavy (non-hydrogen) atoms. The first-order valence-corrected chi connectivity index (χ1v) is 12.0. The van der Waals surface area contributed by atoms with Gasteiger partial charge in [0.05, 0.1) is 11.2 Å². The van der Waals surface area contributed by atoms with Gasteiger partial charge in [-0.25, -0.2) is 0 Å². The fourth-order valence-electron chi connectivity index (χ4n) is 2.35. The van der Waals surface area contributed by atoms with Crippen LogP contribution in [0.1, 0.15) is 17.1 Å². The van der Waals surface area contributed by atoms with Crippen LogP contribution in [-0.4, -0.2) is 26.5 Å². The zero-order chi connectivity index (χ0) is 17.9. The first-order valence-electron chi connectivity index (χ1n) is 7.69. The Morgan fingerprint density at radius 2 is 1.80 bits per heavy atom. The van der Waals surface area contributed by atoms with Crippen molar-refractivity contribution in [1.29, 1.82) is 0 Å². The van der Waals surface area contributed by atoms with Gasteiger partial charge in [0.15, 0.2) is 0 Å². The van der Waals surface area contributed by atoms with Crippen LogP contribution in [0.5, 0.6) is 11.5 Å². The standard InChI is InChI=1S/C17H17BrO4S3/c1-2-21-15-8-5-13(18)11-16(15)25(19,20)22-14-6-3-12(4-7-14)17-23-9-10-24-17/h3-8,11,17H,2,9-10H2,1H3. The van der Waals surface area contributed by atoms with Crippen LogP contribution in [-0.2, 0) is 10.1 Å². The van der Waals surface area contributed by atoms with Crippen LogP contribution in [0.25, 0.3) is 0 Å². The average molecular weight is 461 g/mol. The van der Waals surface area contributed by atoms with E-state index in [1.807, 2.05) is 35.7 Å². The van der Waals surface area contributed by atoms with Crippen LogP contribution in [0.4, 0.5) is 0 Å². The molecule has 0 amide bonds. The Balaban J connectivity index is 1.83. The maximum Gasteiger partial charge on any atom is 0.342 e. The molecular weight excluding hydrogens is 444 g/mol. The van der Waals surface area contributed by atoms with E-state index in [0.717, 1.165) is 11.5 Å². The zero-order valence-electron chi connectivity index (χ0n) is 13.5. The van der Waals surface area contributed by atoms with Gasteiger partial charge >= 0.3 is 10.1 Å². The lowest BCUT2D eigenvalue weighted by Crippen LogP contribution is -2.12. The van der Waals surface area contributed by atoms with Crippen LogP contribution in [0.2, 0.25) is 0 Å². The van der Waals surface area contributed by atoms with Gasteiger partial charge in [-0.15, -0.1) is 23.5 Å². The van der Waals surface area contributed by atoms with Crippen molar-refractivity contribution >= 4 is 49.6 Å². The number of hydrogen-bond acceptors (Lipinski definition) is 6. The van der Waals surface area contributed by atoms with E-state index in [1.165, 1.54) is 11.6 Å². The molecular formula is C17H17BrO4S3. The number of benzene rings is 2. The summed E-state index contributed by atoms with van der Waals surface area (Å²) in [7, 11) is -3.99. The second kappa shape index (κ2) is 8.24. The van der Waals surface area contributed by atoms with Crippen LogP contribution in [0, 0.1) is 0 Å². The van der Waals surface area contributed by atoms with Gasteiger partial charge in [0, 0.05) is 16.0 Å². The lowest BCUT2D eigenvalue weighted by molar-refractivity contribution is 0.329. The van der Waals surface area contributed by atoms with E-state index in [4.69, 9.17) is 8.92 Å². The molecule has 1 saturated heterocycles. The van der Waals surface area contributed by atoms with Gasteiger partial charge in [-0.2, -0.15) is 8.42 Å². The molecule has 3 rings (SSSR count). The summed E-state index contributed by atoms with van der Waals surface area (Å²) < 4.78 is 37.1. The molecule has 0 saturated carbocycles. The Hall–Kier alpha value is -0.830. The molecule has 0 radical (unpaired) electrons. The molecule has 2 aromatic carbocycles. The molecule has 0 spiro atoms. The Morgan fingerprint density at radius 1 is 1.12 bits per heavy atom. The van der Waals surface area contributed by atoms with E-state index in [2.05, 4.69) is 15.9 Å². The van der Waals surface area contributed by atoms with Crippen molar-refractivity contribution in [2.24, 2.45) is 0 Å². The van der Waals surface area contributed by atoms with Crippen molar-refractivity contribution in [2.45, 2.75) is 16.4 Å². The molecule has 0 atom stereocenters. The van der Waals surface area contributed by atoms with E-state index in [-0.39, 0.29) is 10.6 Å². The lowest BCUT2D eigenvalue weighted by atomic mass is 10.2. The fraction of sp³-hybridized carbons (Fsp3) is 0.294. The van der Waals surface area contributed by atoms with Crippen molar-refractivity contribution in [1.82, 2.24) is 0 Å². The smallest absolute Gasteiger partial charge is 0.342 e. The summed E-state index contributed by atoms with van der Waals surface area (Å²) in [6.07, 6.45) is 0. The minimum absolute atomic E-state index is 0.00899. The van der Waals surface area contributed by atoms with E-state index >= 15 is 0 Å². The van der Waals surface area contributed by atoms with E-state index in [0.29, 0.717) is 21.4 Å². The highest BCUT2D eigenvalue weighted by Crippen LogP contribution is 2.45. The topological polar surface area (TPSA) is 52.6 Å². The average Bonchev–Trinajstić information content (AvgIpc) is 3.11. The number of halogens is 1. The second-order valence-corrected chi connectivity index (χ2v) is 10.4. The third-order valence-corrected chi connectivity index (χ3v) is 8.32. The van der Waals surface area contributed by atoms with Crippen LogP contribution in [0.15, 0.2) is 51.8 Å². The zero-order valence-corrected chi connectivity index (χ0v) is 17.5. The van der Waals surface area contributed by atoms with Gasteiger partial charge in [-0.05, 0) is 42.8 Å². The van der Waals surface area contributed by atoms with Crippen molar-refractivity contribution in [3.05, 3.63) is 52.5 Å². The van der Waals surface area contributed by atoms with E-state index < -0.39 is 10.1 Å². The van der Waals surface area contributed by atoms with E-state index in [1.54, 1.807) is 31.2 Å². The molecule has 2 aromatic rings. The molecule has 4 nitrogen and oxygen atoms in total. The predicted molar refractivity (Wildman–Crippen MR) is 107 cm³/mol. The largest absolute Gasteiger partial charge is 0.492 e. The molecule has 1 aliphatic rings. The Bertz CT molecular complexity index is 831. The van der Waals surface area contributed by atoms with Gasteiger partial charge in [0.1, 0.15) is 16.4 Å². The number of rotatable bonds is 6. The molecule has 0 unspecified atom stereocenters. The Labute approximate surface area is 164 Å². The number of hydrogen-bond donors (Lipinski definition) is 0. The molecule has 1 fully saturated rings. The molecule has 1 heterocycles. The maximum absolute atomic E-state index is 12.7. The Morgan fingerprint density at radius 3 is 2.44 bits per heavy atom. The summed E-state index contributed by atoms with van der Waals surface area (Å²) >= 11 is 7.10. The molecule has 8 heteroatoms. The Kier molecular flexibility index (Phi) is 6.25. The summed E-state index contributed by atoms with van der Waals surface area (Å²) in [5.74, 6) is 2.86. The molecule has 0 aliphatic carbocycles. The highest BCUT2D eigenvalue weighted by atomic mass is 79.9. The lowest BCUT2D eigenvalue weighted by Gasteiger charge is -2.13. The van der Waals surface area contributed by atoms with Gasteiger partial charge in [-0.1, -0.05) is 28.1 Å². The molecule has 134 valence electrons. The van der Waals surface area contributed by atoms with Gasteiger partial charge in [-0.3, -0.25) is 0 Å². The first kappa shape index (κ1) is 18.9. The minimum Gasteiger partial charge on any atom is -0.492 e. The third-order valence-electron chi connectivity index (χ3n) is 3.45. The van der Waals surface area contributed by atoms with Crippen LogP contribution < -0.4 is 8.92 Å². The monoisotopic (exact) mass is 460 g/mol. The second-order valence-electron chi connectivity index (χ2n) is 5.20. The molecule has 0 aromatic heterocycles. The van der Waals surface area contributed by atoms with Crippen molar-refractivity contribution in [3.8, 4) is 11.5 Å². The highest BCUT2D eigenvalue weighted by molar-refractivity contribution is 9.10. The van der Waals surface area contributed by atoms with Crippen LogP contribution in [0.3, 0.4) is 0 Å². The van der Waals surface area contributed by atoms with Gasteiger partial charge in [0.2, 0.25) is 0 Å². The summed E-state index contributed by atoms with van der Waals surface area (Å²) in [5, 5.41) is 0. The summed E-state index contributed by atoms with van der Waals surface area (Å²) in [6.45, 7) is 2.17. The van der Waals surface area contributed by atoms with Crippen molar-refractivity contribution < 1.29 is 17.3 Å². The van der Waals surface area contributed by atoms with E-state index in [9.17, 15) is 8.42 Å². The number of thioether (sulfide) groups is 2. The number of ether oxygens (including phenoxy) is 1. The summed E-state index contributed by atoms with van der Waals surface area (Å²) in [4.78, 5) is 0.00899. The third kappa shape index (κ3) is 4.67. The van der Waals surface area contributed by atoms with Gasteiger partial charge in [0.25, 0.3) is 0 Å². The van der Waals surface area contributed by atoms with Crippen molar-refractivity contribution in [3.63, 3.8) is 0 Å². The quantitative estimate of drug-likeness (QED) is 0.559. The van der Waals surface area contributed by atoms with Crippen molar-refractivity contribution in [2.75, 3.05) is 18.1 Å². The normalized spacial score (nSPS) is 15.3. The van der Waals surface area contributed by atoms with Crippen LogP contribution >= 0.6 is 39.5 Å². The highest BCUT2D eigenvalue weighted by Gasteiger charge is 2.23. The predicted octanol–water partition coefficient (Wildman–Crippen LogP) is 5.09. The molecule has 1 aliphatic heterocycles. The fourth-order valence-corrected chi connectivity index (χ4v) is 6.83. The minimum atomic E-state index is -3.99. The summed E-state index contributed by atoms with van der Waals surface area (Å²) in [5.41, 5.74) is 1.18. The summed E-state index contributed by atoms with van der Waals surface area (Å²) in [6, 6.07) is 12.1. The van der Waals surface area contributed by atoms with Gasteiger partial charge < -0.3 is 8.92 Å². The maximum atomic E-state index is 12.7. The SMILES string of the molecule is CCOc1ccc(Br)cc1S(=O)(=O)Oc1ccc(C2SCCS2)cc1. The first-order chi connectivity index (χ1) is 12.0. The molecule has 0 N–H and O–H groups in total. The molecule has 0 bridgehead atoms.